The van der Waals surface area contributed by atoms with Gasteiger partial charge in [0.15, 0.2) is 0 Å². The molecule has 78 valence electrons. The molecule has 0 aliphatic carbocycles. The Bertz CT molecular complexity index is 310. The normalized spacial score (nSPS) is 12.5. The summed E-state index contributed by atoms with van der Waals surface area (Å²) in [6.45, 7) is 4.00. The summed E-state index contributed by atoms with van der Waals surface area (Å²) in [5, 5.41) is 6.09. The quantitative estimate of drug-likeness (QED) is 0.701. The van der Waals surface area contributed by atoms with Gasteiger partial charge in [0.1, 0.15) is 0 Å². The van der Waals surface area contributed by atoms with Gasteiger partial charge >= 0.3 is 0 Å². The number of aromatic nitrogens is 2. The molecule has 0 saturated carbocycles. The molecule has 1 rings (SSSR count). The summed E-state index contributed by atoms with van der Waals surface area (Å²) in [7, 11) is 0. The Morgan fingerprint density at radius 3 is 2.93 bits per heavy atom. The van der Waals surface area contributed by atoms with E-state index in [0.29, 0.717) is 12.4 Å². The van der Waals surface area contributed by atoms with Crippen LogP contribution in [0, 0.1) is 6.92 Å². The van der Waals surface area contributed by atoms with Crippen LogP contribution in [0.15, 0.2) is 4.52 Å². The molecule has 0 fully saturated rings. The molecular formula is C8H14N4O2. The van der Waals surface area contributed by atoms with Crippen molar-refractivity contribution in [1.29, 1.82) is 0 Å². The van der Waals surface area contributed by atoms with Gasteiger partial charge in [0, 0.05) is 19.5 Å². The highest BCUT2D eigenvalue weighted by molar-refractivity contribution is 5.90. The number of amides is 1. The Balaban J connectivity index is 2.43. The third-order valence-electron chi connectivity index (χ3n) is 1.78. The van der Waals surface area contributed by atoms with Gasteiger partial charge in [-0.25, -0.2) is 0 Å². The molecule has 0 bridgehead atoms. The molecule has 0 aromatic carbocycles. The number of carbonyl (C=O) groups is 1. The van der Waals surface area contributed by atoms with Crippen LogP contribution in [-0.4, -0.2) is 28.6 Å². The second-order valence-electron chi connectivity index (χ2n) is 3.02. The number of nitrogens with zero attached hydrogens (tertiary/aromatic N) is 2. The number of nitrogens with one attached hydrogen (secondary N) is 1. The number of hydrogen-bond acceptors (Lipinski definition) is 5. The Kier molecular flexibility index (Phi) is 3.58. The number of aryl methyl sites for hydroxylation is 1. The topological polar surface area (TPSA) is 94.0 Å². The Morgan fingerprint density at radius 2 is 2.43 bits per heavy atom. The summed E-state index contributed by atoms with van der Waals surface area (Å²) in [5.74, 6) is 0.0616. The molecule has 3 N–H and O–H groups in total. The first-order valence-electron chi connectivity index (χ1n) is 4.47. The molecule has 6 heteroatoms. The van der Waals surface area contributed by atoms with Gasteiger partial charge in [0.25, 0.3) is 11.7 Å². The number of rotatable bonds is 4. The van der Waals surface area contributed by atoms with Crippen LogP contribution in [0.5, 0.6) is 0 Å². The highest BCUT2D eigenvalue weighted by atomic mass is 16.5. The minimum absolute atomic E-state index is 0.0352. The van der Waals surface area contributed by atoms with Gasteiger partial charge in [0.05, 0.1) is 0 Å². The van der Waals surface area contributed by atoms with Crippen molar-refractivity contribution in [3.8, 4) is 0 Å². The van der Waals surface area contributed by atoms with Crippen molar-refractivity contribution in [3.63, 3.8) is 0 Å². The van der Waals surface area contributed by atoms with E-state index in [-0.39, 0.29) is 17.8 Å². The van der Waals surface area contributed by atoms with Crippen molar-refractivity contribution in [2.45, 2.75) is 26.3 Å². The fourth-order valence-electron chi connectivity index (χ4n) is 0.839. The molecule has 1 aromatic rings. The summed E-state index contributed by atoms with van der Waals surface area (Å²) in [6, 6.07) is -0.0352. The maximum Gasteiger partial charge on any atom is 0.292 e. The average Bonchev–Trinajstić information content (AvgIpc) is 2.60. The van der Waals surface area contributed by atoms with E-state index in [1.54, 1.807) is 6.92 Å². The predicted octanol–water partition coefficient (Wildman–Crippen LogP) is -0.155. The summed E-state index contributed by atoms with van der Waals surface area (Å²) >= 11 is 0. The second-order valence-corrected chi connectivity index (χ2v) is 3.02. The minimum atomic E-state index is -0.356. The van der Waals surface area contributed by atoms with Gasteiger partial charge in [-0.3, -0.25) is 4.79 Å². The maximum atomic E-state index is 11.3. The molecule has 0 aliphatic heterocycles. The predicted molar refractivity (Wildman–Crippen MR) is 49.6 cm³/mol. The summed E-state index contributed by atoms with van der Waals surface area (Å²) < 4.78 is 4.67. The summed E-state index contributed by atoms with van der Waals surface area (Å²) in [4.78, 5) is 15.1. The average molecular weight is 198 g/mol. The Hall–Kier alpha value is -1.43. The van der Waals surface area contributed by atoms with Crippen LogP contribution in [0.25, 0.3) is 0 Å². The molecular weight excluding hydrogens is 184 g/mol. The standard InChI is InChI=1S/C8H14N4O2/c1-3-6(9)4-10-8(13)7-11-5(2)14-12-7/h6H,3-4,9H2,1-2H3,(H,10,13). The molecule has 0 saturated heterocycles. The Morgan fingerprint density at radius 1 is 1.71 bits per heavy atom. The fraction of sp³-hybridized carbons (Fsp3) is 0.625. The van der Waals surface area contributed by atoms with Crippen LogP contribution in [0.3, 0.4) is 0 Å². The van der Waals surface area contributed by atoms with Gasteiger partial charge in [-0.05, 0) is 6.42 Å². The third-order valence-corrected chi connectivity index (χ3v) is 1.78. The van der Waals surface area contributed by atoms with Crippen LogP contribution >= 0.6 is 0 Å². The first-order chi connectivity index (χ1) is 6.63. The van der Waals surface area contributed by atoms with E-state index >= 15 is 0 Å². The lowest BCUT2D eigenvalue weighted by atomic mass is 10.2. The molecule has 1 atom stereocenters. The van der Waals surface area contributed by atoms with Crippen LogP contribution in [0.4, 0.5) is 0 Å². The molecule has 1 heterocycles. The molecule has 1 unspecified atom stereocenters. The molecule has 0 aliphatic rings. The van der Waals surface area contributed by atoms with Crippen LogP contribution in [-0.2, 0) is 0 Å². The summed E-state index contributed by atoms with van der Waals surface area (Å²) in [6.07, 6.45) is 0.811. The molecule has 6 nitrogen and oxygen atoms in total. The lowest BCUT2D eigenvalue weighted by Crippen LogP contribution is -2.37. The van der Waals surface area contributed by atoms with E-state index in [1.165, 1.54) is 0 Å². The zero-order valence-corrected chi connectivity index (χ0v) is 8.28. The van der Waals surface area contributed by atoms with Gasteiger partial charge < -0.3 is 15.6 Å². The largest absolute Gasteiger partial charge is 0.348 e. The van der Waals surface area contributed by atoms with Gasteiger partial charge in [-0.2, -0.15) is 4.98 Å². The van der Waals surface area contributed by atoms with E-state index in [4.69, 9.17) is 5.73 Å². The monoisotopic (exact) mass is 198 g/mol. The zero-order valence-electron chi connectivity index (χ0n) is 8.28. The molecule has 0 radical (unpaired) electrons. The molecule has 1 amide bonds. The van der Waals surface area contributed by atoms with Crippen molar-refractivity contribution in [2.75, 3.05) is 6.54 Å². The van der Waals surface area contributed by atoms with Gasteiger partial charge in [0.2, 0.25) is 5.89 Å². The smallest absolute Gasteiger partial charge is 0.292 e. The van der Waals surface area contributed by atoms with Crippen molar-refractivity contribution in [1.82, 2.24) is 15.5 Å². The van der Waals surface area contributed by atoms with Crippen molar-refractivity contribution >= 4 is 5.91 Å². The molecule has 1 aromatic heterocycles. The maximum absolute atomic E-state index is 11.3. The summed E-state index contributed by atoms with van der Waals surface area (Å²) in [5.41, 5.74) is 5.63. The fourth-order valence-corrected chi connectivity index (χ4v) is 0.839. The number of carbonyl (C=O) groups excluding carboxylic acids is 1. The highest BCUT2D eigenvalue weighted by Crippen LogP contribution is 1.94. The van der Waals surface area contributed by atoms with Crippen LogP contribution in [0.1, 0.15) is 29.9 Å². The molecule has 14 heavy (non-hydrogen) atoms. The van der Waals surface area contributed by atoms with Gasteiger partial charge in [-0.1, -0.05) is 12.1 Å². The van der Waals surface area contributed by atoms with Crippen molar-refractivity contribution < 1.29 is 9.32 Å². The van der Waals surface area contributed by atoms with Gasteiger partial charge in [-0.15, -0.1) is 0 Å². The lowest BCUT2D eigenvalue weighted by Gasteiger charge is -2.07. The second kappa shape index (κ2) is 4.71. The lowest BCUT2D eigenvalue weighted by molar-refractivity contribution is 0.0937. The van der Waals surface area contributed by atoms with E-state index in [1.807, 2.05) is 6.92 Å². The first-order valence-corrected chi connectivity index (χ1v) is 4.47. The van der Waals surface area contributed by atoms with E-state index in [0.717, 1.165) is 6.42 Å². The van der Waals surface area contributed by atoms with E-state index in [2.05, 4.69) is 20.0 Å². The first kappa shape index (κ1) is 10.6. The van der Waals surface area contributed by atoms with E-state index < -0.39 is 0 Å². The molecule has 0 spiro atoms. The number of hydrogen-bond donors (Lipinski definition) is 2. The minimum Gasteiger partial charge on any atom is -0.348 e. The highest BCUT2D eigenvalue weighted by Gasteiger charge is 2.12. The van der Waals surface area contributed by atoms with Crippen molar-refractivity contribution in [2.24, 2.45) is 5.73 Å². The number of nitrogens with two attached hydrogens (primary N) is 1. The SMILES string of the molecule is CCC(N)CNC(=O)c1noc(C)n1. The van der Waals surface area contributed by atoms with Crippen molar-refractivity contribution in [3.05, 3.63) is 11.7 Å². The van der Waals surface area contributed by atoms with E-state index in [9.17, 15) is 4.79 Å². The van der Waals surface area contributed by atoms with Crippen LogP contribution < -0.4 is 11.1 Å². The third kappa shape index (κ3) is 2.81. The Labute approximate surface area is 81.9 Å². The zero-order chi connectivity index (χ0) is 10.6. The van der Waals surface area contributed by atoms with Crippen LogP contribution in [0.2, 0.25) is 0 Å².